The van der Waals surface area contributed by atoms with Gasteiger partial charge in [0.05, 0.1) is 24.0 Å². The van der Waals surface area contributed by atoms with E-state index in [1.54, 1.807) is 10.9 Å². The second kappa shape index (κ2) is 5.22. The van der Waals surface area contributed by atoms with Gasteiger partial charge in [-0.15, -0.1) is 5.10 Å². The molecule has 0 unspecified atom stereocenters. The van der Waals surface area contributed by atoms with Gasteiger partial charge in [-0.2, -0.15) is 0 Å². The summed E-state index contributed by atoms with van der Waals surface area (Å²) in [6.07, 6.45) is 2.28. The molecule has 5 nitrogen and oxygen atoms in total. The van der Waals surface area contributed by atoms with Gasteiger partial charge >= 0.3 is 5.97 Å². The minimum atomic E-state index is -0.822. The summed E-state index contributed by atoms with van der Waals surface area (Å²) in [5.74, 6) is -0.822. The molecule has 2 aromatic rings. The van der Waals surface area contributed by atoms with Crippen LogP contribution in [0.4, 0.5) is 0 Å². The van der Waals surface area contributed by atoms with E-state index in [1.165, 1.54) is 5.56 Å². The van der Waals surface area contributed by atoms with Crippen molar-refractivity contribution in [3.8, 4) is 5.69 Å². The number of rotatable bonds is 4. The molecule has 0 atom stereocenters. The molecule has 0 spiro atoms. The maximum Gasteiger partial charge on any atom is 0.303 e. The van der Waals surface area contributed by atoms with Crippen LogP contribution in [0.25, 0.3) is 5.69 Å². The van der Waals surface area contributed by atoms with E-state index in [9.17, 15) is 4.79 Å². The molecule has 0 radical (unpaired) electrons. The molecule has 1 heterocycles. The third-order valence-electron chi connectivity index (χ3n) is 3.00. The largest absolute Gasteiger partial charge is 0.481 e. The molecule has 0 fully saturated rings. The number of carboxylic acid groups (broad SMARTS) is 1. The Balaban J connectivity index is 2.30. The first-order chi connectivity index (χ1) is 8.97. The fourth-order valence-corrected chi connectivity index (χ4v) is 2.29. The van der Waals surface area contributed by atoms with Crippen LogP contribution < -0.4 is 0 Å². The highest BCUT2D eigenvalue weighted by molar-refractivity contribution is 5.66. The molecule has 0 bridgehead atoms. The summed E-state index contributed by atoms with van der Waals surface area (Å²) < 4.78 is 1.72. The lowest BCUT2D eigenvalue weighted by atomic mass is 10.1. The Morgan fingerprint density at radius 2 is 1.89 bits per heavy atom. The molecule has 5 heteroatoms. The number of aryl methyl sites for hydroxylation is 4. The predicted octanol–water partition coefficient (Wildman–Crippen LogP) is 2.21. The Bertz CT molecular complexity index is 594. The molecule has 1 N–H and O–H groups in total. The van der Waals surface area contributed by atoms with E-state index in [1.807, 2.05) is 13.8 Å². The van der Waals surface area contributed by atoms with Crippen LogP contribution in [-0.4, -0.2) is 26.1 Å². The number of carbonyl (C=O) groups is 1. The summed E-state index contributed by atoms with van der Waals surface area (Å²) in [5.41, 5.74) is 5.19. The standard InChI is InChI=1S/C14H17N3O2/c1-9-6-10(2)14(11(3)7-9)17-8-12(15-16-17)4-5-13(18)19/h6-8H,4-5H2,1-3H3,(H,18,19). The van der Waals surface area contributed by atoms with E-state index >= 15 is 0 Å². The highest BCUT2D eigenvalue weighted by Crippen LogP contribution is 2.20. The minimum absolute atomic E-state index is 0.0740. The fourth-order valence-electron chi connectivity index (χ4n) is 2.29. The van der Waals surface area contributed by atoms with Gasteiger partial charge in [0.25, 0.3) is 0 Å². The van der Waals surface area contributed by atoms with Gasteiger partial charge in [-0.05, 0) is 31.9 Å². The number of benzene rings is 1. The first-order valence-electron chi connectivity index (χ1n) is 6.18. The first-order valence-corrected chi connectivity index (χ1v) is 6.18. The van der Waals surface area contributed by atoms with Crippen molar-refractivity contribution >= 4 is 5.97 Å². The van der Waals surface area contributed by atoms with Gasteiger partial charge in [0.15, 0.2) is 0 Å². The van der Waals surface area contributed by atoms with Gasteiger partial charge in [0.1, 0.15) is 0 Å². The van der Waals surface area contributed by atoms with E-state index in [0.29, 0.717) is 12.1 Å². The molecule has 1 aromatic carbocycles. The molecule has 0 saturated carbocycles. The summed E-state index contributed by atoms with van der Waals surface area (Å²) in [4.78, 5) is 10.5. The molecule has 0 aliphatic heterocycles. The molecular formula is C14H17N3O2. The summed E-state index contributed by atoms with van der Waals surface area (Å²) in [6.45, 7) is 6.13. The topological polar surface area (TPSA) is 68.0 Å². The highest BCUT2D eigenvalue weighted by Gasteiger charge is 2.10. The highest BCUT2D eigenvalue weighted by atomic mass is 16.4. The lowest BCUT2D eigenvalue weighted by molar-refractivity contribution is -0.136. The second-order valence-corrected chi connectivity index (χ2v) is 4.80. The lowest BCUT2D eigenvalue weighted by Crippen LogP contribution is -2.01. The van der Waals surface area contributed by atoms with Crippen LogP contribution >= 0.6 is 0 Å². The fraction of sp³-hybridized carbons (Fsp3) is 0.357. The molecule has 0 aliphatic rings. The van der Waals surface area contributed by atoms with Crippen LogP contribution in [-0.2, 0) is 11.2 Å². The minimum Gasteiger partial charge on any atom is -0.481 e. The van der Waals surface area contributed by atoms with Crippen molar-refractivity contribution in [3.63, 3.8) is 0 Å². The van der Waals surface area contributed by atoms with Crippen LogP contribution in [0.5, 0.6) is 0 Å². The molecule has 0 amide bonds. The van der Waals surface area contributed by atoms with Gasteiger partial charge in [-0.3, -0.25) is 4.79 Å². The van der Waals surface area contributed by atoms with Crippen molar-refractivity contribution in [1.82, 2.24) is 15.0 Å². The number of carboxylic acids is 1. The van der Waals surface area contributed by atoms with Gasteiger partial charge in [0.2, 0.25) is 0 Å². The van der Waals surface area contributed by atoms with Crippen LogP contribution in [0.15, 0.2) is 18.3 Å². The summed E-state index contributed by atoms with van der Waals surface area (Å²) in [5, 5.41) is 16.8. The average molecular weight is 259 g/mol. The number of hydrogen-bond donors (Lipinski definition) is 1. The van der Waals surface area contributed by atoms with Crippen molar-refractivity contribution in [2.75, 3.05) is 0 Å². The SMILES string of the molecule is Cc1cc(C)c(-n2cc(CCC(=O)O)nn2)c(C)c1. The number of nitrogens with zero attached hydrogens (tertiary/aromatic N) is 3. The van der Waals surface area contributed by atoms with E-state index in [4.69, 9.17) is 5.11 Å². The zero-order chi connectivity index (χ0) is 14.0. The maximum absolute atomic E-state index is 10.5. The van der Waals surface area contributed by atoms with Crippen LogP contribution in [0.3, 0.4) is 0 Å². The monoisotopic (exact) mass is 259 g/mol. The Morgan fingerprint density at radius 3 is 2.47 bits per heavy atom. The zero-order valence-electron chi connectivity index (χ0n) is 11.3. The van der Waals surface area contributed by atoms with Crippen molar-refractivity contribution in [1.29, 1.82) is 0 Å². The second-order valence-electron chi connectivity index (χ2n) is 4.80. The van der Waals surface area contributed by atoms with Crippen molar-refractivity contribution in [2.24, 2.45) is 0 Å². The van der Waals surface area contributed by atoms with Crippen molar-refractivity contribution < 1.29 is 9.90 Å². The van der Waals surface area contributed by atoms with Gasteiger partial charge < -0.3 is 5.11 Å². The third kappa shape index (κ3) is 2.99. The normalized spacial score (nSPS) is 10.7. The lowest BCUT2D eigenvalue weighted by Gasteiger charge is -2.10. The van der Waals surface area contributed by atoms with Gasteiger partial charge in [-0.25, -0.2) is 4.68 Å². The Kier molecular flexibility index (Phi) is 3.64. The first kappa shape index (κ1) is 13.3. The summed E-state index contributed by atoms with van der Waals surface area (Å²) in [7, 11) is 0. The van der Waals surface area contributed by atoms with E-state index in [-0.39, 0.29) is 6.42 Å². The molecular weight excluding hydrogens is 242 g/mol. The third-order valence-corrected chi connectivity index (χ3v) is 3.00. The van der Waals surface area contributed by atoms with E-state index < -0.39 is 5.97 Å². The molecule has 1 aromatic heterocycles. The number of aromatic nitrogens is 3. The van der Waals surface area contributed by atoms with Crippen LogP contribution in [0, 0.1) is 20.8 Å². The summed E-state index contributed by atoms with van der Waals surface area (Å²) >= 11 is 0. The van der Waals surface area contributed by atoms with Crippen LogP contribution in [0.1, 0.15) is 28.8 Å². The number of hydrogen-bond acceptors (Lipinski definition) is 3. The smallest absolute Gasteiger partial charge is 0.303 e. The number of aliphatic carboxylic acids is 1. The molecule has 2 rings (SSSR count). The molecule has 19 heavy (non-hydrogen) atoms. The Morgan fingerprint density at radius 1 is 1.26 bits per heavy atom. The van der Waals surface area contributed by atoms with Crippen molar-refractivity contribution in [2.45, 2.75) is 33.6 Å². The molecule has 0 aliphatic carbocycles. The summed E-state index contributed by atoms with van der Waals surface area (Å²) in [6, 6.07) is 4.20. The predicted molar refractivity (Wildman–Crippen MR) is 71.5 cm³/mol. The Labute approximate surface area is 111 Å². The van der Waals surface area contributed by atoms with E-state index in [0.717, 1.165) is 16.8 Å². The average Bonchev–Trinajstić information content (AvgIpc) is 2.73. The van der Waals surface area contributed by atoms with Gasteiger partial charge in [0, 0.05) is 6.42 Å². The molecule has 0 saturated heterocycles. The van der Waals surface area contributed by atoms with E-state index in [2.05, 4.69) is 29.4 Å². The maximum atomic E-state index is 10.5. The quantitative estimate of drug-likeness (QED) is 0.914. The molecule has 100 valence electrons. The van der Waals surface area contributed by atoms with Crippen molar-refractivity contribution in [3.05, 3.63) is 40.7 Å². The van der Waals surface area contributed by atoms with Gasteiger partial charge in [-0.1, -0.05) is 22.9 Å². The Hall–Kier alpha value is -2.17. The zero-order valence-corrected chi connectivity index (χ0v) is 11.3. The van der Waals surface area contributed by atoms with Crippen LogP contribution in [0.2, 0.25) is 0 Å².